The maximum atomic E-state index is 11.4. The Labute approximate surface area is 191 Å². The monoisotopic (exact) mass is 457 g/mol. The molecule has 3 heterocycles. The molecule has 5 rings (SSSR count). The number of nitrogens with zero attached hydrogens (tertiary/aromatic N) is 8. The first kappa shape index (κ1) is 20.4. The molecule has 11 nitrogen and oxygen atoms in total. The normalized spacial score (nSPS) is 19.6. The molecule has 0 fully saturated rings. The number of nitriles is 1. The summed E-state index contributed by atoms with van der Waals surface area (Å²) < 4.78 is 0. The third kappa shape index (κ3) is 3.40. The van der Waals surface area contributed by atoms with Crippen LogP contribution < -0.4 is 4.90 Å². The molecule has 2 aliphatic rings. The number of hydrogen-bond donors (Lipinski definition) is 1. The van der Waals surface area contributed by atoms with Crippen LogP contribution in [0.5, 0.6) is 0 Å². The van der Waals surface area contributed by atoms with Crippen molar-refractivity contribution in [1.82, 2.24) is 15.1 Å². The van der Waals surface area contributed by atoms with Gasteiger partial charge in [-0.2, -0.15) is 10.3 Å². The molecule has 162 valence electrons. The molecule has 0 amide bonds. The zero-order valence-corrected chi connectivity index (χ0v) is 18.0. The van der Waals surface area contributed by atoms with E-state index in [0.29, 0.717) is 22.4 Å². The number of non-ortho nitro benzene ring substituents is 1. The van der Waals surface area contributed by atoms with Gasteiger partial charge in [0.25, 0.3) is 5.69 Å². The van der Waals surface area contributed by atoms with Crippen LogP contribution in [-0.4, -0.2) is 43.7 Å². The second-order valence-electron chi connectivity index (χ2n) is 7.26. The Balaban J connectivity index is 1.71. The highest BCUT2D eigenvalue weighted by atomic mass is 32.1. The summed E-state index contributed by atoms with van der Waals surface area (Å²) >= 11 is 1.35. The maximum Gasteiger partial charge on any atom is 0.269 e. The fourth-order valence-corrected chi connectivity index (χ4v) is 4.57. The van der Waals surface area contributed by atoms with Crippen molar-refractivity contribution < 1.29 is 4.92 Å². The first-order valence-electron chi connectivity index (χ1n) is 9.82. The molecule has 0 aliphatic carbocycles. The van der Waals surface area contributed by atoms with E-state index < -0.39 is 17.0 Å². The maximum absolute atomic E-state index is 11.4. The Hall–Kier alpha value is -4.50. The average molecular weight is 457 g/mol. The number of aromatic nitrogens is 2. The van der Waals surface area contributed by atoms with Crippen LogP contribution >= 0.6 is 11.3 Å². The molecule has 0 spiro atoms. The molecule has 33 heavy (non-hydrogen) atoms. The Morgan fingerprint density at radius 3 is 2.64 bits per heavy atom. The first-order valence-corrected chi connectivity index (χ1v) is 10.6. The van der Waals surface area contributed by atoms with Gasteiger partial charge in [0.2, 0.25) is 11.1 Å². The lowest BCUT2D eigenvalue weighted by atomic mass is 9.96. The number of benzene rings is 2. The van der Waals surface area contributed by atoms with Gasteiger partial charge in [0.05, 0.1) is 4.92 Å². The van der Waals surface area contributed by atoms with E-state index in [2.05, 4.69) is 15.2 Å². The van der Waals surface area contributed by atoms with Gasteiger partial charge in [-0.25, -0.2) is 4.90 Å². The highest BCUT2D eigenvalue weighted by Gasteiger charge is 2.47. The lowest BCUT2D eigenvalue weighted by molar-refractivity contribution is -0.384. The fourth-order valence-electron chi connectivity index (χ4n) is 3.87. The summed E-state index contributed by atoms with van der Waals surface area (Å²) in [4.78, 5) is 23.0. The highest BCUT2D eigenvalue weighted by molar-refractivity contribution is 7.15. The molecule has 0 unspecified atom stereocenters. The van der Waals surface area contributed by atoms with Gasteiger partial charge in [0.15, 0.2) is 6.19 Å². The lowest BCUT2D eigenvalue weighted by Crippen LogP contribution is -2.48. The summed E-state index contributed by atoms with van der Waals surface area (Å²) in [5, 5.41) is 39.2. The van der Waals surface area contributed by atoms with Crippen LogP contribution in [0.2, 0.25) is 0 Å². The van der Waals surface area contributed by atoms with E-state index in [1.807, 2.05) is 43.4 Å². The molecular weight excluding hydrogens is 442 g/mol. The number of hydrogen-bond acceptors (Lipinski definition) is 9. The van der Waals surface area contributed by atoms with E-state index in [1.54, 1.807) is 17.0 Å². The molecule has 3 aromatic rings. The number of aryl methyl sites for hydroxylation is 1. The second-order valence-corrected chi connectivity index (χ2v) is 8.42. The zero-order valence-electron chi connectivity index (χ0n) is 17.2. The predicted octanol–water partition coefficient (Wildman–Crippen LogP) is 3.26. The molecule has 2 aliphatic heterocycles. The molecule has 1 N–H and O–H groups in total. The van der Waals surface area contributed by atoms with Crippen LogP contribution in [-0.2, 0) is 0 Å². The quantitative estimate of drug-likeness (QED) is 0.359. The van der Waals surface area contributed by atoms with E-state index in [4.69, 9.17) is 10.4 Å². The summed E-state index contributed by atoms with van der Waals surface area (Å²) in [5.74, 6) is 0.688. The number of anilines is 1. The third-order valence-electron chi connectivity index (χ3n) is 5.26. The average Bonchev–Trinajstić information content (AvgIpc) is 3.41. The number of aliphatic imine (C=N–C) groups is 2. The van der Waals surface area contributed by atoms with Crippen LogP contribution in [0.3, 0.4) is 0 Å². The standard InChI is InChI=1S/C21H15N9O2S/c1-12-26-27-21(33-12)29-18(13-6-3-2-4-7-13)24-16-17(28(11-22)20(23)25-19(16)29)14-8-5-9-15(10-14)30(31)32/h2-10,16-17,23H,1H3/t16-,17-/m0/s1. The predicted molar refractivity (Wildman–Crippen MR) is 122 cm³/mol. The largest absolute Gasteiger partial charge is 0.269 e. The molecule has 12 heteroatoms. The van der Waals surface area contributed by atoms with Gasteiger partial charge >= 0.3 is 0 Å². The number of nitro benzene ring substituents is 1. The number of rotatable bonds is 4. The van der Waals surface area contributed by atoms with Gasteiger partial charge in [-0.15, -0.1) is 10.2 Å². The number of amidine groups is 2. The van der Waals surface area contributed by atoms with Gasteiger partial charge < -0.3 is 0 Å². The summed E-state index contributed by atoms with van der Waals surface area (Å²) in [6.45, 7) is 1.84. The van der Waals surface area contributed by atoms with E-state index in [0.717, 1.165) is 15.5 Å². The summed E-state index contributed by atoms with van der Waals surface area (Å²) in [5.41, 5.74) is 1.18. The molecular formula is C21H15N9O2S. The SMILES string of the molecule is Cc1nnc(N2C(c3ccccc3)=N[C@@H]3C2=NC(=N)N(C#N)[C@H]3c2cccc([N+](=O)[O-])c2)s1. The minimum Gasteiger partial charge on any atom is -0.266 e. The Bertz CT molecular complexity index is 1380. The van der Waals surface area contributed by atoms with Crippen molar-refractivity contribution >= 4 is 39.8 Å². The minimum atomic E-state index is -0.785. The first-order chi connectivity index (χ1) is 16.0. The van der Waals surface area contributed by atoms with E-state index in [9.17, 15) is 15.4 Å². The molecule has 0 saturated heterocycles. The molecule has 0 saturated carbocycles. The minimum absolute atomic E-state index is 0.108. The molecule has 1 aromatic heterocycles. The van der Waals surface area contributed by atoms with Crippen LogP contribution in [0.4, 0.5) is 10.8 Å². The van der Waals surface area contributed by atoms with Crippen molar-refractivity contribution in [3.63, 3.8) is 0 Å². The smallest absolute Gasteiger partial charge is 0.266 e. The number of guanidine groups is 1. The zero-order chi connectivity index (χ0) is 23.1. The van der Waals surface area contributed by atoms with Gasteiger partial charge in [-0.1, -0.05) is 53.8 Å². The van der Waals surface area contributed by atoms with Crippen molar-refractivity contribution in [2.45, 2.75) is 19.0 Å². The molecule has 0 radical (unpaired) electrons. The van der Waals surface area contributed by atoms with Crippen molar-refractivity contribution in [3.8, 4) is 6.19 Å². The third-order valence-corrected chi connectivity index (χ3v) is 6.09. The van der Waals surface area contributed by atoms with E-state index in [-0.39, 0.29) is 11.6 Å². The van der Waals surface area contributed by atoms with Gasteiger partial charge in [-0.3, -0.25) is 25.4 Å². The van der Waals surface area contributed by atoms with E-state index >= 15 is 0 Å². The van der Waals surface area contributed by atoms with Gasteiger partial charge in [-0.05, 0) is 12.5 Å². The number of nitro groups is 1. The van der Waals surface area contributed by atoms with Crippen molar-refractivity contribution in [3.05, 3.63) is 80.8 Å². The Morgan fingerprint density at radius 1 is 1.18 bits per heavy atom. The molecule has 2 aromatic carbocycles. The topological polar surface area (TPSA) is 148 Å². The van der Waals surface area contributed by atoms with Crippen molar-refractivity contribution in [2.24, 2.45) is 9.98 Å². The molecule has 2 atom stereocenters. The Kier molecular flexibility index (Phi) is 4.87. The lowest BCUT2D eigenvalue weighted by Gasteiger charge is -2.34. The second kappa shape index (κ2) is 7.88. The van der Waals surface area contributed by atoms with Crippen molar-refractivity contribution in [1.29, 1.82) is 10.7 Å². The number of nitrogens with one attached hydrogen (secondary N) is 1. The number of fused-ring (bicyclic) bond motifs is 1. The van der Waals surface area contributed by atoms with E-state index in [1.165, 1.54) is 23.5 Å². The highest BCUT2D eigenvalue weighted by Crippen LogP contribution is 2.39. The van der Waals surface area contributed by atoms with Crippen LogP contribution in [0, 0.1) is 33.9 Å². The Morgan fingerprint density at radius 2 is 1.97 bits per heavy atom. The summed E-state index contributed by atoms with van der Waals surface area (Å²) in [7, 11) is 0. The fraction of sp³-hybridized carbons (Fsp3) is 0.143. The van der Waals surface area contributed by atoms with Crippen molar-refractivity contribution in [2.75, 3.05) is 4.90 Å². The summed E-state index contributed by atoms with van der Waals surface area (Å²) in [6.07, 6.45) is 2.00. The summed E-state index contributed by atoms with van der Waals surface area (Å²) in [6, 6.07) is 14.0. The van der Waals surface area contributed by atoms with Crippen LogP contribution in [0.1, 0.15) is 22.2 Å². The van der Waals surface area contributed by atoms with Crippen LogP contribution in [0.15, 0.2) is 64.6 Å². The van der Waals surface area contributed by atoms with Crippen LogP contribution in [0.25, 0.3) is 0 Å². The van der Waals surface area contributed by atoms with Gasteiger partial charge in [0.1, 0.15) is 28.8 Å². The molecule has 0 bridgehead atoms. The van der Waals surface area contributed by atoms with Gasteiger partial charge in [0, 0.05) is 17.7 Å².